The van der Waals surface area contributed by atoms with Gasteiger partial charge in [0.05, 0.1) is 0 Å². The van der Waals surface area contributed by atoms with Gasteiger partial charge in [0, 0.05) is 43.9 Å². The molecular formula is C20H22N4O2. The fourth-order valence-corrected chi connectivity index (χ4v) is 2.45. The van der Waals surface area contributed by atoms with Crippen LogP contribution in [0.4, 0.5) is 11.4 Å². The van der Waals surface area contributed by atoms with Gasteiger partial charge in [0.1, 0.15) is 0 Å². The first kappa shape index (κ1) is 17.7. The predicted octanol–water partition coefficient (Wildman–Crippen LogP) is 3.68. The van der Waals surface area contributed by atoms with Crippen LogP contribution >= 0.6 is 0 Å². The van der Waals surface area contributed by atoms with Crippen LogP contribution in [0.25, 0.3) is 11.5 Å². The van der Waals surface area contributed by atoms with Gasteiger partial charge in [-0.05, 0) is 43.3 Å². The molecule has 0 radical (unpaired) electrons. The highest BCUT2D eigenvalue weighted by molar-refractivity contribution is 5.90. The lowest BCUT2D eigenvalue weighted by molar-refractivity contribution is -0.116. The quantitative estimate of drug-likeness (QED) is 0.734. The van der Waals surface area contributed by atoms with Gasteiger partial charge in [0.2, 0.25) is 17.7 Å². The van der Waals surface area contributed by atoms with E-state index in [1.807, 2.05) is 74.4 Å². The van der Waals surface area contributed by atoms with Crippen molar-refractivity contribution in [3.63, 3.8) is 0 Å². The second-order valence-electron chi connectivity index (χ2n) is 6.36. The van der Waals surface area contributed by atoms with Crippen molar-refractivity contribution in [2.45, 2.75) is 19.8 Å². The summed E-state index contributed by atoms with van der Waals surface area (Å²) in [6.45, 7) is 2.02. The molecule has 0 bridgehead atoms. The van der Waals surface area contributed by atoms with Crippen molar-refractivity contribution in [2.24, 2.45) is 0 Å². The smallest absolute Gasteiger partial charge is 0.247 e. The minimum absolute atomic E-state index is 0.0855. The molecule has 0 saturated heterocycles. The first-order valence-electron chi connectivity index (χ1n) is 8.48. The van der Waals surface area contributed by atoms with E-state index in [9.17, 15) is 4.79 Å². The molecule has 1 amide bonds. The Kier molecular flexibility index (Phi) is 5.31. The standard InChI is InChI=1S/C20H22N4O2/c1-14-4-6-15(7-5-14)20-23-22-19(26-20)13-12-18(25)21-16-8-10-17(11-9-16)24(2)3/h4-11H,12-13H2,1-3H3,(H,21,25). The van der Waals surface area contributed by atoms with E-state index < -0.39 is 0 Å². The zero-order valence-corrected chi connectivity index (χ0v) is 15.2. The summed E-state index contributed by atoms with van der Waals surface area (Å²) >= 11 is 0. The Balaban J connectivity index is 1.54. The van der Waals surface area contributed by atoms with Crippen LogP contribution in [0, 0.1) is 6.92 Å². The normalized spacial score (nSPS) is 10.6. The van der Waals surface area contributed by atoms with Crippen molar-refractivity contribution >= 4 is 17.3 Å². The molecule has 3 aromatic rings. The Hall–Kier alpha value is -3.15. The van der Waals surface area contributed by atoms with Crippen molar-refractivity contribution in [2.75, 3.05) is 24.3 Å². The SMILES string of the molecule is Cc1ccc(-c2nnc(CCC(=O)Nc3ccc(N(C)C)cc3)o2)cc1. The minimum Gasteiger partial charge on any atom is -0.421 e. The number of aromatic nitrogens is 2. The van der Waals surface area contributed by atoms with E-state index in [1.54, 1.807) is 0 Å². The number of amides is 1. The molecular weight excluding hydrogens is 328 g/mol. The Morgan fingerprint density at radius 1 is 1.04 bits per heavy atom. The van der Waals surface area contributed by atoms with Gasteiger partial charge in [-0.15, -0.1) is 10.2 Å². The zero-order valence-electron chi connectivity index (χ0n) is 15.2. The number of nitrogens with zero attached hydrogens (tertiary/aromatic N) is 3. The molecule has 0 aliphatic rings. The van der Waals surface area contributed by atoms with Gasteiger partial charge in [0.15, 0.2) is 0 Å². The molecule has 1 N–H and O–H groups in total. The summed E-state index contributed by atoms with van der Waals surface area (Å²) in [5, 5.41) is 10.9. The molecule has 0 aliphatic carbocycles. The number of carbonyl (C=O) groups excluding carboxylic acids is 1. The fraction of sp³-hybridized carbons (Fsp3) is 0.250. The minimum atomic E-state index is -0.0855. The summed E-state index contributed by atoms with van der Waals surface area (Å²) in [6.07, 6.45) is 0.686. The van der Waals surface area contributed by atoms with E-state index in [2.05, 4.69) is 15.5 Å². The average Bonchev–Trinajstić information content (AvgIpc) is 3.10. The number of carbonyl (C=O) groups is 1. The molecule has 6 heteroatoms. The summed E-state index contributed by atoms with van der Waals surface area (Å²) in [5.74, 6) is 0.844. The highest BCUT2D eigenvalue weighted by atomic mass is 16.4. The summed E-state index contributed by atoms with van der Waals surface area (Å²) < 4.78 is 5.64. The van der Waals surface area contributed by atoms with Crippen molar-refractivity contribution in [1.29, 1.82) is 0 Å². The molecule has 134 valence electrons. The van der Waals surface area contributed by atoms with E-state index in [1.165, 1.54) is 5.56 Å². The number of rotatable bonds is 6. The maximum absolute atomic E-state index is 12.1. The van der Waals surface area contributed by atoms with Gasteiger partial charge in [-0.2, -0.15) is 0 Å². The Morgan fingerprint density at radius 3 is 2.38 bits per heavy atom. The van der Waals surface area contributed by atoms with E-state index in [0.717, 1.165) is 16.9 Å². The number of benzene rings is 2. The average molecular weight is 350 g/mol. The predicted molar refractivity (Wildman–Crippen MR) is 102 cm³/mol. The van der Waals surface area contributed by atoms with Crippen LogP contribution in [0.5, 0.6) is 0 Å². The van der Waals surface area contributed by atoms with Crippen LogP contribution in [-0.4, -0.2) is 30.2 Å². The van der Waals surface area contributed by atoms with Crippen LogP contribution < -0.4 is 10.2 Å². The third-order valence-electron chi connectivity index (χ3n) is 4.00. The van der Waals surface area contributed by atoms with Crippen LogP contribution in [0.1, 0.15) is 17.9 Å². The van der Waals surface area contributed by atoms with Gasteiger partial charge in [-0.25, -0.2) is 0 Å². The molecule has 1 aromatic heterocycles. The summed E-state index contributed by atoms with van der Waals surface area (Å²) in [6, 6.07) is 15.6. The second-order valence-corrected chi connectivity index (χ2v) is 6.36. The largest absolute Gasteiger partial charge is 0.421 e. The van der Waals surface area contributed by atoms with Crippen molar-refractivity contribution in [3.05, 3.63) is 60.0 Å². The van der Waals surface area contributed by atoms with Gasteiger partial charge in [-0.1, -0.05) is 17.7 Å². The first-order chi connectivity index (χ1) is 12.5. The van der Waals surface area contributed by atoms with E-state index in [-0.39, 0.29) is 12.3 Å². The maximum Gasteiger partial charge on any atom is 0.247 e. The number of anilines is 2. The van der Waals surface area contributed by atoms with Crippen LogP contribution in [0.2, 0.25) is 0 Å². The first-order valence-corrected chi connectivity index (χ1v) is 8.48. The highest BCUT2D eigenvalue weighted by Crippen LogP contribution is 2.19. The molecule has 0 aliphatic heterocycles. The number of aryl methyl sites for hydroxylation is 2. The van der Waals surface area contributed by atoms with Crippen molar-refractivity contribution < 1.29 is 9.21 Å². The lowest BCUT2D eigenvalue weighted by Gasteiger charge is -2.12. The van der Waals surface area contributed by atoms with E-state index >= 15 is 0 Å². The van der Waals surface area contributed by atoms with Crippen LogP contribution in [0.3, 0.4) is 0 Å². The second kappa shape index (κ2) is 7.82. The summed E-state index contributed by atoms with van der Waals surface area (Å²) in [7, 11) is 3.95. The van der Waals surface area contributed by atoms with Gasteiger partial charge in [-0.3, -0.25) is 4.79 Å². The van der Waals surface area contributed by atoms with Gasteiger partial charge in [0.25, 0.3) is 0 Å². The maximum atomic E-state index is 12.1. The number of hydrogen-bond acceptors (Lipinski definition) is 5. The third-order valence-corrected chi connectivity index (χ3v) is 4.00. The molecule has 3 rings (SSSR count). The molecule has 0 fully saturated rings. The molecule has 26 heavy (non-hydrogen) atoms. The molecule has 6 nitrogen and oxygen atoms in total. The molecule has 0 saturated carbocycles. The molecule has 1 heterocycles. The monoisotopic (exact) mass is 350 g/mol. The van der Waals surface area contributed by atoms with Crippen molar-refractivity contribution in [3.8, 4) is 11.5 Å². The highest BCUT2D eigenvalue weighted by Gasteiger charge is 2.11. The van der Waals surface area contributed by atoms with Gasteiger partial charge < -0.3 is 14.6 Å². The molecule has 0 spiro atoms. The molecule has 0 unspecified atom stereocenters. The van der Waals surface area contributed by atoms with E-state index in [0.29, 0.717) is 18.2 Å². The Bertz CT molecular complexity index is 868. The lowest BCUT2D eigenvalue weighted by atomic mass is 10.1. The molecule has 2 aromatic carbocycles. The van der Waals surface area contributed by atoms with Crippen LogP contribution in [-0.2, 0) is 11.2 Å². The summed E-state index contributed by atoms with van der Waals surface area (Å²) in [5.41, 5.74) is 3.90. The Morgan fingerprint density at radius 2 is 1.73 bits per heavy atom. The topological polar surface area (TPSA) is 71.3 Å². The summed E-state index contributed by atoms with van der Waals surface area (Å²) in [4.78, 5) is 14.1. The molecule has 0 atom stereocenters. The van der Waals surface area contributed by atoms with Crippen LogP contribution in [0.15, 0.2) is 52.9 Å². The lowest BCUT2D eigenvalue weighted by Crippen LogP contribution is -2.13. The van der Waals surface area contributed by atoms with Crippen molar-refractivity contribution in [1.82, 2.24) is 10.2 Å². The fourth-order valence-electron chi connectivity index (χ4n) is 2.45. The zero-order chi connectivity index (χ0) is 18.5. The third kappa shape index (κ3) is 4.47. The Labute approximate surface area is 152 Å². The number of hydrogen-bond donors (Lipinski definition) is 1. The number of nitrogens with one attached hydrogen (secondary N) is 1. The van der Waals surface area contributed by atoms with Gasteiger partial charge >= 0.3 is 0 Å². The van der Waals surface area contributed by atoms with E-state index in [4.69, 9.17) is 4.42 Å².